The standard InChI is InChI=1S/C18H30N2O2Si3/c1-23(2,3)21-25(7,22-24(4,5)6)12-8-9-16-10-11-17(14-19)18(13-16)15-20/h10-11,13H,8-9,12H2,1-7H3. The first-order valence-electron chi connectivity index (χ1n) is 8.71. The second-order valence-electron chi connectivity index (χ2n) is 8.52. The zero-order valence-electron chi connectivity index (χ0n) is 16.6. The highest BCUT2D eigenvalue weighted by Gasteiger charge is 2.39. The van der Waals surface area contributed by atoms with Crippen molar-refractivity contribution < 1.29 is 8.23 Å². The van der Waals surface area contributed by atoms with Crippen LogP contribution in [0.5, 0.6) is 0 Å². The normalized spacial score (nSPS) is 12.5. The molecule has 0 saturated heterocycles. The van der Waals surface area contributed by atoms with E-state index in [2.05, 4.69) is 58.0 Å². The van der Waals surface area contributed by atoms with Gasteiger partial charge in [-0.05, 0) is 82.4 Å². The fourth-order valence-corrected chi connectivity index (χ4v) is 15.5. The first-order chi connectivity index (χ1) is 11.4. The molecule has 0 heterocycles. The molecule has 0 saturated carbocycles. The molecular formula is C18H30N2O2Si3. The Kier molecular flexibility index (Phi) is 7.36. The Morgan fingerprint density at radius 3 is 1.80 bits per heavy atom. The van der Waals surface area contributed by atoms with Gasteiger partial charge in [-0.3, -0.25) is 0 Å². The van der Waals surface area contributed by atoms with Crippen LogP contribution in [0.2, 0.25) is 51.9 Å². The smallest absolute Gasteiger partial charge is 0.314 e. The zero-order chi connectivity index (χ0) is 19.3. The summed E-state index contributed by atoms with van der Waals surface area (Å²) in [5, 5.41) is 18.2. The van der Waals surface area contributed by atoms with Crippen molar-refractivity contribution in [3.8, 4) is 12.1 Å². The Hall–Kier alpha value is -1.23. The third-order valence-electron chi connectivity index (χ3n) is 3.47. The van der Waals surface area contributed by atoms with Gasteiger partial charge in [0.15, 0.2) is 16.6 Å². The average Bonchev–Trinajstić information content (AvgIpc) is 2.42. The minimum atomic E-state index is -2.21. The topological polar surface area (TPSA) is 66.0 Å². The molecule has 0 spiro atoms. The maximum atomic E-state index is 9.16. The quantitative estimate of drug-likeness (QED) is 0.577. The van der Waals surface area contributed by atoms with Crippen LogP contribution in [0.1, 0.15) is 23.1 Å². The number of rotatable bonds is 8. The van der Waals surface area contributed by atoms with E-state index in [0.717, 1.165) is 24.4 Å². The van der Waals surface area contributed by atoms with Crippen molar-refractivity contribution in [1.82, 2.24) is 0 Å². The lowest BCUT2D eigenvalue weighted by Gasteiger charge is -2.38. The maximum absolute atomic E-state index is 9.16. The van der Waals surface area contributed by atoms with Crippen molar-refractivity contribution in [2.24, 2.45) is 0 Å². The van der Waals surface area contributed by atoms with E-state index in [1.807, 2.05) is 12.1 Å². The van der Waals surface area contributed by atoms with Crippen LogP contribution in [0.4, 0.5) is 0 Å². The summed E-state index contributed by atoms with van der Waals surface area (Å²) in [5.74, 6) is 0. The molecule has 0 aliphatic carbocycles. The summed E-state index contributed by atoms with van der Waals surface area (Å²) < 4.78 is 13.0. The molecule has 136 valence electrons. The molecule has 1 aromatic rings. The first kappa shape index (κ1) is 21.8. The molecule has 4 nitrogen and oxygen atoms in total. The molecule has 0 unspecified atom stereocenters. The van der Waals surface area contributed by atoms with E-state index in [1.165, 1.54) is 0 Å². The third-order valence-corrected chi connectivity index (χ3v) is 13.1. The van der Waals surface area contributed by atoms with Crippen LogP contribution >= 0.6 is 0 Å². The van der Waals surface area contributed by atoms with Crippen LogP contribution in [0.3, 0.4) is 0 Å². The molecule has 0 radical (unpaired) electrons. The van der Waals surface area contributed by atoms with Gasteiger partial charge >= 0.3 is 8.56 Å². The van der Waals surface area contributed by atoms with Crippen LogP contribution in [-0.2, 0) is 14.7 Å². The molecule has 0 aromatic heterocycles. The lowest BCUT2D eigenvalue weighted by molar-refractivity contribution is 0.381. The molecule has 0 aliphatic heterocycles. The van der Waals surface area contributed by atoms with E-state index >= 15 is 0 Å². The number of nitriles is 2. The van der Waals surface area contributed by atoms with Gasteiger partial charge in [-0.1, -0.05) is 6.07 Å². The number of aryl methyl sites for hydroxylation is 1. The highest BCUT2D eigenvalue weighted by Crippen LogP contribution is 2.26. The summed E-state index contributed by atoms with van der Waals surface area (Å²) in [7, 11) is -5.55. The van der Waals surface area contributed by atoms with E-state index in [4.69, 9.17) is 18.8 Å². The number of benzene rings is 1. The summed E-state index contributed by atoms with van der Waals surface area (Å²) in [6.45, 7) is 15.5. The van der Waals surface area contributed by atoms with Crippen molar-refractivity contribution in [2.75, 3.05) is 0 Å². The second kappa shape index (κ2) is 8.43. The van der Waals surface area contributed by atoms with Crippen LogP contribution in [0, 0.1) is 22.7 Å². The SMILES string of the molecule is C[Si](C)(C)O[Si](C)(CCCc1ccc(C#N)c(C#N)c1)O[Si](C)(C)C. The van der Waals surface area contributed by atoms with Crippen molar-refractivity contribution in [2.45, 2.75) is 64.7 Å². The molecule has 0 bridgehead atoms. The van der Waals surface area contributed by atoms with Gasteiger partial charge in [-0.15, -0.1) is 0 Å². The Morgan fingerprint density at radius 1 is 0.840 bits per heavy atom. The van der Waals surface area contributed by atoms with Gasteiger partial charge in [-0.2, -0.15) is 10.5 Å². The summed E-state index contributed by atoms with van der Waals surface area (Å²) in [6.07, 6.45) is 1.83. The largest absolute Gasteiger partial charge is 0.437 e. The van der Waals surface area contributed by atoms with E-state index < -0.39 is 25.2 Å². The Morgan fingerprint density at radius 2 is 1.36 bits per heavy atom. The lowest BCUT2D eigenvalue weighted by atomic mass is 10.0. The maximum Gasteiger partial charge on any atom is 0.314 e. The van der Waals surface area contributed by atoms with Gasteiger partial charge in [0, 0.05) is 0 Å². The highest BCUT2D eigenvalue weighted by atomic mass is 28.5. The highest BCUT2D eigenvalue weighted by molar-refractivity contribution is 6.87. The van der Waals surface area contributed by atoms with Crippen molar-refractivity contribution in [3.63, 3.8) is 0 Å². The summed E-state index contributed by atoms with van der Waals surface area (Å²) in [5.41, 5.74) is 1.99. The van der Waals surface area contributed by atoms with Gasteiger partial charge in [-0.25, -0.2) is 0 Å². The van der Waals surface area contributed by atoms with Crippen LogP contribution < -0.4 is 0 Å². The van der Waals surface area contributed by atoms with E-state index in [9.17, 15) is 0 Å². The van der Waals surface area contributed by atoms with Gasteiger partial charge < -0.3 is 8.23 Å². The molecular weight excluding hydrogens is 360 g/mol. The van der Waals surface area contributed by atoms with Gasteiger partial charge in [0.1, 0.15) is 12.1 Å². The Labute approximate surface area is 155 Å². The van der Waals surface area contributed by atoms with E-state index in [1.54, 1.807) is 6.07 Å². The summed E-state index contributed by atoms with van der Waals surface area (Å²) >= 11 is 0. The minimum absolute atomic E-state index is 0.439. The fourth-order valence-electron chi connectivity index (χ4n) is 2.97. The van der Waals surface area contributed by atoms with Gasteiger partial charge in [0.25, 0.3) is 0 Å². The Bertz CT molecular complexity index is 664. The van der Waals surface area contributed by atoms with Crippen LogP contribution in [-0.4, -0.2) is 25.2 Å². The lowest BCUT2D eigenvalue weighted by Crippen LogP contribution is -2.52. The van der Waals surface area contributed by atoms with Crippen LogP contribution in [0.15, 0.2) is 18.2 Å². The molecule has 1 aromatic carbocycles. The molecule has 7 heteroatoms. The van der Waals surface area contributed by atoms with Crippen molar-refractivity contribution >= 4 is 25.2 Å². The fraction of sp³-hybridized carbons (Fsp3) is 0.556. The molecule has 0 atom stereocenters. The predicted octanol–water partition coefficient (Wildman–Crippen LogP) is 5.14. The molecule has 0 aliphatic rings. The minimum Gasteiger partial charge on any atom is -0.437 e. The first-order valence-corrected chi connectivity index (χ1v) is 18.0. The molecule has 25 heavy (non-hydrogen) atoms. The van der Waals surface area contributed by atoms with E-state index in [-0.39, 0.29) is 0 Å². The van der Waals surface area contributed by atoms with Gasteiger partial charge in [0.2, 0.25) is 0 Å². The molecule has 0 N–H and O–H groups in total. The monoisotopic (exact) mass is 390 g/mol. The van der Waals surface area contributed by atoms with Gasteiger partial charge in [0.05, 0.1) is 11.1 Å². The second-order valence-corrected chi connectivity index (χ2v) is 21.4. The predicted molar refractivity (Wildman–Crippen MR) is 109 cm³/mol. The average molecular weight is 391 g/mol. The number of hydrogen-bond acceptors (Lipinski definition) is 4. The van der Waals surface area contributed by atoms with Crippen molar-refractivity contribution in [3.05, 3.63) is 34.9 Å². The number of hydrogen-bond donors (Lipinski definition) is 0. The van der Waals surface area contributed by atoms with Crippen molar-refractivity contribution in [1.29, 1.82) is 10.5 Å². The third kappa shape index (κ3) is 8.13. The number of nitrogens with zero attached hydrogens (tertiary/aromatic N) is 2. The van der Waals surface area contributed by atoms with E-state index in [0.29, 0.717) is 11.1 Å². The summed E-state index contributed by atoms with van der Waals surface area (Å²) in [6, 6.07) is 10.6. The molecule has 1 rings (SSSR count). The molecule has 0 fully saturated rings. The molecule has 0 amide bonds. The van der Waals surface area contributed by atoms with Crippen LogP contribution in [0.25, 0.3) is 0 Å². The zero-order valence-corrected chi connectivity index (χ0v) is 19.6. The Balaban J connectivity index is 2.81. The summed E-state index contributed by atoms with van der Waals surface area (Å²) in [4.78, 5) is 0.